The molecule has 3 heterocycles. The number of nitrogens with zero attached hydrogens (tertiary/aromatic N) is 5. The summed E-state index contributed by atoms with van der Waals surface area (Å²) >= 11 is 1.26. The summed E-state index contributed by atoms with van der Waals surface area (Å²) in [4.78, 5) is 20.5. The number of fused-ring (bicyclic) bond motifs is 1. The zero-order valence-corrected chi connectivity index (χ0v) is 23.5. The molecule has 0 fully saturated rings. The predicted molar refractivity (Wildman–Crippen MR) is 156 cm³/mol. The minimum atomic E-state index is -1.09. The first-order valence-electron chi connectivity index (χ1n) is 13.2. The van der Waals surface area contributed by atoms with Gasteiger partial charge in [-0.05, 0) is 71.7 Å². The van der Waals surface area contributed by atoms with E-state index in [2.05, 4.69) is 14.3 Å². The van der Waals surface area contributed by atoms with Crippen LogP contribution in [0.2, 0.25) is 0 Å². The Balaban J connectivity index is 1.28. The zero-order chi connectivity index (χ0) is 30.8. The molecule has 0 saturated carbocycles. The molecule has 0 unspecified atom stereocenters. The number of carboxylic acid groups (broad SMARTS) is 1. The molecule has 3 aromatic carbocycles. The fourth-order valence-corrected chi connectivity index (χ4v) is 5.25. The van der Waals surface area contributed by atoms with Crippen LogP contribution in [0, 0.1) is 28.8 Å². The normalized spacial score (nSPS) is 11.0. The largest absolute Gasteiger partial charge is 0.478 e. The molecule has 0 aliphatic heterocycles. The van der Waals surface area contributed by atoms with E-state index in [4.69, 9.17) is 10.00 Å². The Kier molecular flexibility index (Phi) is 7.78. The molecule has 12 heteroatoms. The van der Waals surface area contributed by atoms with Crippen molar-refractivity contribution in [2.75, 3.05) is 0 Å². The third-order valence-electron chi connectivity index (χ3n) is 6.93. The maximum atomic E-state index is 15.5. The number of carbonyl (C=O) groups is 1. The van der Waals surface area contributed by atoms with Gasteiger partial charge in [0.15, 0.2) is 0 Å². The van der Waals surface area contributed by atoms with Gasteiger partial charge in [-0.3, -0.25) is 0 Å². The molecule has 0 spiro atoms. The molecule has 6 rings (SSSR count). The van der Waals surface area contributed by atoms with Crippen molar-refractivity contribution in [3.63, 3.8) is 0 Å². The average Bonchev–Trinajstić information content (AvgIpc) is 3.66. The Labute approximate surface area is 252 Å². The fraction of sp³-hybridized carbons (Fsp3) is 0.0938. The van der Waals surface area contributed by atoms with Gasteiger partial charge >= 0.3 is 5.97 Å². The number of carboxylic acids is 1. The minimum Gasteiger partial charge on any atom is -0.478 e. The number of hydrogen-bond acceptors (Lipinski definition) is 7. The van der Waals surface area contributed by atoms with Crippen molar-refractivity contribution >= 4 is 28.5 Å². The number of nitriles is 1. The number of aromatic carboxylic acids is 1. The first kappa shape index (κ1) is 28.6. The Bertz CT molecular complexity index is 2070. The highest BCUT2D eigenvalue weighted by atomic mass is 32.1. The number of rotatable bonds is 9. The number of benzene rings is 3. The first-order valence-corrected chi connectivity index (χ1v) is 14.0. The number of imidazole rings is 1. The molecule has 0 saturated heterocycles. The van der Waals surface area contributed by atoms with E-state index in [1.54, 1.807) is 16.7 Å². The second kappa shape index (κ2) is 12.0. The summed E-state index contributed by atoms with van der Waals surface area (Å²) in [7, 11) is 0. The van der Waals surface area contributed by atoms with E-state index in [9.17, 15) is 14.3 Å². The molecule has 218 valence electrons. The van der Waals surface area contributed by atoms with Gasteiger partial charge in [-0.2, -0.15) is 9.64 Å². The van der Waals surface area contributed by atoms with Crippen molar-refractivity contribution in [2.45, 2.75) is 19.6 Å². The summed E-state index contributed by atoms with van der Waals surface area (Å²) in [5, 5.41) is 20.2. The topological polar surface area (TPSA) is 114 Å². The van der Waals surface area contributed by atoms with Gasteiger partial charge < -0.3 is 14.4 Å². The van der Waals surface area contributed by atoms with Crippen molar-refractivity contribution in [1.82, 2.24) is 18.9 Å². The maximum Gasteiger partial charge on any atom is 0.335 e. The van der Waals surface area contributed by atoms with Crippen LogP contribution < -0.4 is 4.74 Å². The minimum absolute atomic E-state index is 0.0447. The molecule has 3 aromatic heterocycles. The van der Waals surface area contributed by atoms with Crippen molar-refractivity contribution in [2.24, 2.45) is 0 Å². The van der Waals surface area contributed by atoms with Crippen LogP contribution in [0.15, 0.2) is 78.2 Å². The van der Waals surface area contributed by atoms with E-state index < -0.39 is 23.4 Å². The fourth-order valence-electron chi connectivity index (χ4n) is 4.72. The van der Waals surface area contributed by atoms with Crippen LogP contribution in [0.3, 0.4) is 0 Å². The smallest absolute Gasteiger partial charge is 0.335 e. The maximum absolute atomic E-state index is 15.5. The quantitative estimate of drug-likeness (QED) is 0.192. The predicted octanol–water partition coefficient (Wildman–Crippen LogP) is 6.76. The summed E-state index contributed by atoms with van der Waals surface area (Å²) in [6.45, 7) is 0.0866. The first-order chi connectivity index (χ1) is 21.3. The van der Waals surface area contributed by atoms with Gasteiger partial charge in [0.25, 0.3) is 0 Å². The summed E-state index contributed by atoms with van der Waals surface area (Å²) in [5.41, 5.74) is 2.29. The van der Waals surface area contributed by atoms with Gasteiger partial charge in [0.1, 0.15) is 29.9 Å². The van der Waals surface area contributed by atoms with Gasteiger partial charge in [-0.15, -0.1) is 0 Å². The zero-order valence-electron chi connectivity index (χ0n) is 22.7. The molecule has 0 aliphatic carbocycles. The highest BCUT2D eigenvalue weighted by molar-refractivity contribution is 7.03. The lowest BCUT2D eigenvalue weighted by Crippen LogP contribution is -2.08. The molecule has 0 amide bonds. The van der Waals surface area contributed by atoms with E-state index in [0.29, 0.717) is 22.6 Å². The van der Waals surface area contributed by atoms with Crippen LogP contribution >= 0.6 is 11.5 Å². The summed E-state index contributed by atoms with van der Waals surface area (Å²) < 4.78 is 56.8. The second-order valence-electron chi connectivity index (χ2n) is 9.78. The molecule has 0 radical (unpaired) electrons. The van der Waals surface area contributed by atoms with E-state index in [0.717, 1.165) is 18.2 Å². The van der Waals surface area contributed by atoms with Crippen LogP contribution in [0.5, 0.6) is 5.88 Å². The Morgan fingerprint density at radius 1 is 0.955 bits per heavy atom. The number of aromatic nitrogens is 4. The standard InChI is InChI=1S/C32H20F3N5O3S/c33-24-10-18(15-36)4-5-20(24)17-43-31-3-1-2-27(38-31)23-14-25(34)21(11-26(23)35)13-30-37-28-7-6-19(32(41)42)12-29(28)40(30)16-22-8-9-44-39-22/h1-12,14H,13,16-17H2,(H,41,42). The van der Waals surface area contributed by atoms with Gasteiger partial charge in [0.2, 0.25) is 5.88 Å². The van der Waals surface area contributed by atoms with Crippen molar-refractivity contribution in [3.8, 4) is 23.2 Å². The number of halogens is 3. The van der Waals surface area contributed by atoms with Crippen molar-refractivity contribution in [3.05, 3.63) is 129 Å². The van der Waals surface area contributed by atoms with Gasteiger partial charge in [0, 0.05) is 29.0 Å². The van der Waals surface area contributed by atoms with Crippen LogP contribution in [0.4, 0.5) is 13.2 Å². The van der Waals surface area contributed by atoms with Crippen molar-refractivity contribution in [1.29, 1.82) is 5.26 Å². The monoisotopic (exact) mass is 611 g/mol. The molecular weight excluding hydrogens is 591 g/mol. The molecule has 0 atom stereocenters. The molecule has 8 nitrogen and oxygen atoms in total. The number of hydrogen-bond donors (Lipinski definition) is 1. The van der Waals surface area contributed by atoms with Crippen LogP contribution in [0.25, 0.3) is 22.3 Å². The van der Waals surface area contributed by atoms with Gasteiger partial charge in [-0.25, -0.2) is 27.9 Å². The molecule has 0 bridgehead atoms. The van der Waals surface area contributed by atoms with E-state index in [1.165, 1.54) is 47.9 Å². The van der Waals surface area contributed by atoms with E-state index in [1.807, 2.05) is 17.5 Å². The van der Waals surface area contributed by atoms with Crippen LogP contribution in [-0.4, -0.2) is 30.0 Å². The molecule has 1 N–H and O–H groups in total. The highest BCUT2D eigenvalue weighted by Crippen LogP contribution is 2.29. The number of pyridine rings is 1. The SMILES string of the molecule is N#Cc1ccc(COc2cccc(-c3cc(F)c(Cc4nc5ccc(C(=O)O)cc5n4Cc4ccsn4)cc3F)n2)c(F)c1. The average molecular weight is 612 g/mol. The highest BCUT2D eigenvalue weighted by Gasteiger charge is 2.19. The Morgan fingerprint density at radius 3 is 2.55 bits per heavy atom. The third-order valence-corrected chi connectivity index (χ3v) is 7.53. The lowest BCUT2D eigenvalue weighted by molar-refractivity contribution is 0.0697. The summed E-state index contributed by atoms with van der Waals surface area (Å²) in [6.07, 6.45) is -0.0724. The van der Waals surface area contributed by atoms with E-state index >= 15 is 8.78 Å². The summed E-state index contributed by atoms with van der Waals surface area (Å²) in [5.74, 6) is -2.63. The van der Waals surface area contributed by atoms with Crippen molar-refractivity contribution < 1.29 is 27.8 Å². The molecule has 44 heavy (non-hydrogen) atoms. The molecular formula is C32H20F3N5O3S. The van der Waals surface area contributed by atoms with Gasteiger partial charge in [0.05, 0.1) is 46.2 Å². The van der Waals surface area contributed by atoms with Crippen LogP contribution in [-0.2, 0) is 19.6 Å². The Hall–Kier alpha value is -5.54. The molecule has 6 aromatic rings. The van der Waals surface area contributed by atoms with E-state index in [-0.39, 0.29) is 59.0 Å². The van der Waals surface area contributed by atoms with Gasteiger partial charge in [-0.1, -0.05) is 12.1 Å². The van der Waals surface area contributed by atoms with Crippen LogP contribution in [0.1, 0.15) is 38.6 Å². The summed E-state index contributed by atoms with van der Waals surface area (Å²) in [6, 6.07) is 18.9. The second-order valence-corrected chi connectivity index (χ2v) is 10.4. The molecule has 0 aliphatic rings. The number of ether oxygens (including phenoxy) is 1. The Morgan fingerprint density at radius 2 is 1.80 bits per heavy atom. The lowest BCUT2D eigenvalue weighted by Gasteiger charge is -2.12. The lowest BCUT2D eigenvalue weighted by atomic mass is 10.0. The third kappa shape index (κ3) is 5.86.